The molecule has 21 heavy (non-hydrogen) atoms. The summed E-state index contributed by atoms with van der Waals surface area (Å²) >= 11 is 5.99. The third-order valence-corrected chi connectivity index (χ3v) is 3.69. The van der Waals surface area contributed by atoms with Crippen LogP contribution < -0.4 is 10.1 Å². The van der Waals surface area contributed by atoms with Crippen molar-refractivity contribution in [1.82, 2.24) is 9.97 Å². The summed E-state index contributed by atoms with van der Waals surface area (Å²) in [6, 6.07) is 5.31. The molecule has 1 aromatic carbocycles. The maximum absolute atomic E-state index is 12.5. The Balaban J connectivity index is 1.83. The fraction of sp³-hybridized carbons (Fsp3) is 0.267. The largest absolute Gasteiger partial charge is 0.492 e. The molecule has 1 amide bonds. The maximum Gasteiger partial charge on any atom is 0.235 e. The van der Waals surface area contributed by atoms with E-state index < -0.39 is 0 Å². The van der Waals surface area contributed by atoms with Gasteiger partial charge in [-0.25, -0.2) is 9.97 Å². The number of halogens is 1. The van der Waals surface area contributed by atoms with E-state index in [2.05, 4.69) is 15.3 Å². The van der Waals surface area contributed by atoms with Crippen LogP contribution in [0.15, 0.2) is 30.7 Å². The van der Waals surface area contributed by atoms with Crippen molar-refractivity contribution in [3.05, 3.63) is 47.0 Å². The first-order chi connectivity index (χ1) is 10.2. The molecule has 0 saturated heterocycles. The molecule has 5 nitrogen and oxygen atoms in total. The molecule has 1 aromatic heterocycles. The third kappa shape index (κ3) is 2.69. The molecule has 1 aliphatic heterocycles. The van der Waals surface area contributed by atoms with Gasteiger partial charge in [0.1, 0.15) is 24.6 Å². The molecule has 0 saturated carbocycles. The van der Waals surface area contributed by atoms with E-state index in [1.54, 1.807) is 24.4 Å². The molecule has 0 bridgehead atoms. The lowest BCUT2D eigenvalue weighted by atomic mass is 10.0. The number of nitrogens with zero attached hydrogens (tertiary/aromatic N) is 2. The zero-order chi connectivity index (χ0) is 14.8. The topological polar surface area (TPSA) is 64.1 Å². The van der Waals surface area contributed by atoms with Crippen LogP contribution in [-0.2, 0) is 11.2 Å². The smallest absolute Gasteiger partial charge is 0.235 e. The lowest BCUT2D eigenvalue weighted by Gasteiger charge is -2.12. The lowest BCUT2D eigenvalue weighted by Crippen LogP contribution is -2.23. The van der Waals surface area contributed by atoms with Crippen LogP contribution in [-0.4, -0.2) is 22.5 Å². The van der Waals surface area contributed by atoms with E-state index in [0.29, 0.717) is 23.1 Å². The Morgan fingerprint density at radius 3 is 3.19 bits per heavy atom. The van der Waals surface area contributed by atoms with Crippen molar-refractivity contribution < 1.29 is 9.53 Å². The van der Waals surface area contributed by atoms with E-state index in [1.165, 1.54) is 6.33 Å². The van der Waals surface area contributed by atoms with Crippen molar-refractivity contribution in [3.63, 3.8) is 0 Å². The predicted molar refractivity (Wildman–Crippen MR) is 79.7 cm³/mol. The number of nitrogens with one attached hydrogen (secondary N) is 1. The predicted octanol–water partition coefficient (Wildman–Crippen LogP) is 2.81. The van der Waals surface area contributed by atoms with Crippen molar-refractivity contribution >= 4 is 23.2 Å². The van der Waals surface area contributed by atoms with Gasteiger partial charge in [-0.1, -0.05) is 18.5 Å². The van der Waals surface area contributed by atoms with E-state index >= 15 is 0 Å². The van der Waals surface area contributed by atoms with Crippen molar-refractivity contribution in [1.29, 1.82) is 0 Å². The van der Waals surface area contributed by atoms with Crippen LogP contribution >= 0.6 is 11.6 Å². The highest BCUT2D eigenvalue weighted by atomic mass is 35.5. The van der Waals surface area contributed by atoms with E-state index in [9.17, 15) is 4.79 Å². The first kappa shape index (κ1) is 13.8. The van der Waals surface area contributed by atoms with Crippen LogP contribution in [0, 0.1) is 0 Å². The van der Waals surface area contributed by atoms with Gasteiger partial charge in [-0.15, -0.1) is 0 Å². The number of hydrogen-bond acceptors (Lipinski definition) is 4. The normalized spacial score (nSPS) is 16.2. The van der Waals surface area contributed by atoms with Gasteiger partial charge in [0.25, 0.3) is 0 Å². The highest BCUT2D eigenvalue weighted by Crippen LogP contribution is 2.36. The quantitative estimate of drug-likeness (QED) is 0.947. The second-order valence-electron chi connectivity index (χ2n) is 4.77. The number of aromatic nitrogens is 2. The first-order valence-corrected chi connectivity index (χ1v) is 7.09. The summed E-state index contributed by atoms with van der Waals surface area (Å²) in [7, 11) is 0. The Bertz CT molecular complexity index is 690. The van der Waals surface area contributed by atoms with Crippen LogP contribution in [0.5, 0.6) is 5.75 Å². The number of anilines is 1. The standard InChI is InChI=1S/C15H14ClN3O2/c1-2-12-13(6-17-8-18-12)19-15(20)11-7-21-14-4-3-9(16)5-10(11)14/h3-6,8,11H,2,7H2,1H3,(H,19,20). The van der Waals surface area contributed by atoms with Gasteiger partial charge >= 0.3 is 0 Å². The van der Waals surface area contributed by atoms with Gasteiger partial charge in [-0.05, 0) is 24.6 Å². The van der Waals surface area contributed by atoms with Crippen molar-refractivity contribution in [2.75, 3.05) is 11.9 Å². The summed E-state index contributed by atoms with van der Waals surface area (Å²) in [5, 5.41) is 3.47. The minimum absolute atomic E-state index is 0.138. The molecule has 2 aromatic rings. The second-order valence-corrected chi connectivity index (χ2v) is 5.21. The molecule has 1 N–H and O–H groups in total. The molecular formula is C15H14ClN3O2. The van der Waals surface area contributed by atoms with Crippen LogP contribution in [0.2, 0.25) is 5.02 Å². The zero-order valence-electron chi connectivity index (χ0n) is 11.5. The minimum atomic E-state index is -0.372. The van der Waals surface area contributed by atoms with Gasteiger partial charge in [0.15, 0.2) is 0 Å². The Morgan fingerprint density at radius 2 is 2.38 bits per heavy atom. The Hall–Kier alpha value is -2.14. The summed E-state index contributed by atoms with van der Waals surface area (Å²) in [4.78, 5) is 20.6. The Kier molecular flexibility index (Phi) is 3.75. The number of fused-ring (bicyclic) bond motifs is 1. The van der Waals surface area contributed by atoms with Crippen LogP contribution in [0.25, 0.3) is 0 Å². The van der Waals surface area contributed by atoms with Gasteiger partial charge in [-0.3, -0.25) is 4.79 Å². The number of carbonyl (C=O) groups excluding carboxylic acids is 1. The Labute approximate surface area is 127 Å². The monoisotopic (exact) mass is 303 g/mol. The van der Waals surface area contributed by atoms with Crippen molar-refractivity contribution in [3.8, 4) is 5.75 Å². The molecular weight excluding hydrogens is 290 g/mol. The SMILES string of the molecule is CCc1ncncc1NC(=O)C1COc2ccc(Cl)cc21. The molecule has 1 unspecified atom stereocenters. The van der Waals surface area contributed by atoms with Crippen LogP contribution in [0.4, 0.5) is 5.69 Å². The van der Waals surface area contributed by atoms with E-state index in [1.807, 2.05) is 6.92 Å². The maximum atomic E-state index is 12.5. The molecule has 0 fully saturated rings. The summed E-state index contributed by atoms with van der Waals surface area (Å²) in [5.41, 5.74) is 2.26. The van der Waals surface area contributed by atoms with E-state index in [-0.39, 0.29) is 11.8 Å². The fourth-order valence-electron chi connectivity index (χ4n) is 2.36. The first-order valence-electron chi connectivity index (χ1n) is 6.71. The van der Waals surface area contributed by atoms with Crippen molar-refractivity contribution in [2.45, 2.75) is 19.3 Å². The molecule has 108 valence electrons. The second kappa shape index (κ2) is 5.69. The van der Waals surface area contributed by atoms with Gasteiger partial charge in [0.05, 0.1) is 17.6 Å². The number of ether oxygens (including phenoxy) is 1. The number of hydrogen-bond donors (Lipinski definition) is 1. The van der Waals surface area contributed by atoms with Gasteiger partial charge in [-0.2, -0.15) is 0 Å². The molecule has 1 atom stereocenters. The molecule has 0 radical (unpaired) electrons. The van der Waals surface area contributed by atoms with Gasteiger partial charge < -0.3 is 10.1 Å². The lowest BCUT2D eigenvalue weighted by molar-refractivity contribution is -0.117. The van der Waals surface area contributed by atoms with Crippen LogP contribution in [0.1, 0.15) is 24.1 Å². The molecule has 2 heterocycles. The van der Waals surface area contributed by atoms with E-state index in [4.69, 9.17) is 16.3 Å². The molecule has 0 aliphatic carbocycles. The zero-order valence-corrected chi connectivity index (χ0v) is 12.2. The van der Waals surface area contributed by atoms with Crippen LogP contribution in [0.3, 0.4) is 0 Å². The summed E-state index contributed by atoms with van der Waals surface area (Å²) in [6.07, 6.45) is 3.81. The number of benzene rings is 1. The number of carbonyl (C=O) groups is 1. The summed E-state index contributed by atoms with van der Waals surface area (Å²) in [5.74, 6) is 0.198. The summed E-state index contributed by atoms with van der Waals surface area (Å²) in [6.45, 7) is 2.29. The fourth-order valence-corrected chi connectivity index (χ4v) is 2.54. The van der Waals surface area contributed by atoms with Gasteiger partial charge in [0.2, 0.25) is 5.91 Å². The van der Waals surface area contributed by atoms with E-state index in [0.717, 1.165) is 17.7 Å². The highest BCUT2D eigenvalue weighted by molar-refractivity contribution is 6.30. The highest BCUT2D eigenvalue weighted by Gasteiger charge is 2.31. The minimum Gasteiger partial charge on any atom is -0.492 e. The average molecular weight is 304 g/mol. The van der Waals surface area contributed by atoms with Crippen molar-refractivity contribution in [2.24, 2.45) is 0 Å². The summed E-state index contributed by atoms with van der Waals surface area (Å²) < 4.78 is 5.53. The molecule has 6 heteroatoms. The molecule has 3 rings (SSSR count). The average Bonchev–Trinajstić information content (AvgIpc) is 2.90. The molecule has 0 spiro atoms. The third-order valence-electron chi connectivity index (χ3n) is 3.46. The molecule has 1 aliphatic rings. The van der Waals surface area contributed by atoms with Gasteiger partial charge in [0, 0.05) is 10.6 Å². The number of amides is 1. The number of aryl methyl sites for hydroxylation is 1. The number of rotatable bonds is 3. The Morgan fingerprint density at radius 1 is 1.52 bits per heavy atom.